The van der Waals surface area contributed by atoms with Crippen molar-refractivity contribution in [2.45, 2.75) is 32.7 Å². The van der Waals surface area contributed by atoms with Crippen molar-refractivity contribution < 1.29 is 9.13 Å². The summed E-state index contributed by atoms with van der Waals surface area (Å²) < 4.78 is 19.2. The van der Waals surface area contributed by atoms with E-state index in [4.69, 9.17) is 10.5 Å². The van der Waals surface area contributed by atoms with Gasteiger partial charge in [0.25, 0.3) is 0 Å². The van der Waals surface area contributed by atoms with Crippen LogP contribution in [0.5, 0.6) is 5.75 Å². The Morgan fingerprint density at radius 2 is 2.24 bits per heavy atom. The van der Waals surface area contributed by atoms with Gasteiger partial charge in [-0.1, -0.05) is 13.8 Å². The lowest BCUT2D eigenvalue weighted by atomic mass is 10.2. The molecule has 0 saturated carbocycles. The summed E-state index contributed by atoms with van der Waals surface area (Å²) in [5.74, 6) is -0.212. The number of nitrogens with one attached hydrogen (secondary N) is 1. The van der Waals surface area contributed by atoms with E-state index >= 15 is 0 Å². The van der Waals surface area contributed by atoms with Crippen molar-refractivity contribution in [2.75, 3.05) is 17.7 Å². The van der Waals surface area contributed by atoms with E-state index in [1.807, 2.05) is 12.3 Å². The van der Waals surface area contributed by atoms with E-state index in [0.717, 1.165) is 17.8 Å². The van der Waals surface area contributed by atoms with Gasteiger partial charge in [0.2, 0.25) is 0 Å². The van der Waals surface area contributed by atoms with Gasteiger partial charge >= 0.3 is 0 Å². The van der Waals surface area contributed by atoms with Gasteiger partial charge in [-0.15, -0.1) is 11.3 Å². The number of hydrogen-bond acceptors (Lipinski definition) is 5. The summed E-state index contributed by atoms with van der Waals surface area (Å²) in [6.07, 6.45) is 3.45. The fraction of sp³-hybridized carbons (Fsp3) is 0.400. The Morgan fingerprint density at radius 1 is 1.43 bits per heavy atom. The third kappa shape index (κ3) is 3.85. The lowest BCUT2D eigenvalue weighted by molar-refractivity contribution is 0.301. The molecule has 0 spiro atoms. The number of nitrogens with zero attached hydrogens (tertiary/aromatic N) is 1. The second kappa shape index (κ2) is 7.26. The number of ether oxygens (including phenoxy) is 1. The molecule has 6 heteroatoms. The van der Waals surface area contributed by atoms with Crippen molar-refractivity contribution >= 4 is 22.7 Å². The summed E-state index contributed by atoms with van der Waals surface area (Å²) in [4.78, 5) is 4.31. The first-order valence-electron chi connectivity index (χ1n) is 7.03. The zero-order chi connectivity index (χ0) is 15.2. The van der Waals surface area contributed by atoms with Crippen LogP contribution in [0, 0.1) is 5.82 Å². The van der Waals surface area contributed by atoms with Gasteiger partial charge in [0, 0.05) is 23.7 Å². The van der Waals surface area contributed by atoms with Gasteiger partial charge in [0.1, 0.15) is 5.01 Å². The molecule has 1 heterocycles. The zero-order valence-corrected chi connectivity index (χ0v) is 13.0. The molecule has 2 aromatic rings. The molecule has 1 aromatic heterocycles. The van der Waals surface area contributed by atoms with Gasteiger partial charge in [-0.25, -0.2) is 9.37 Å². The first kappa shape index (κ1) is 15.6. The summed E-state index contributed by atoms with van der Waals surface area (Å²) in [7, 11) is 0. The molecule has 0 bridgehead atoms. The molecule has 1 unspecified atom stereocenters. The summed E-state index contributed by atoms with van der Waals surface area (Å²) in [6.45, 7) is 4.52. The molecule has 0 saturated heterocycles. The third-order valence-corrected chi connectivity index (χ3v) is 3.94. The predicted octanol–water partition coefficient (Wildman–Crippen LogP) is 4.22. The van der Waals surface area contributed by atoms with Crippen LogP contribution in [-0.4, -0.2) is 11.6 Å². The first-order valence-corrected chi connectivity index (χ1v) is 7.91. The normalized spacial score (nSPS) is 12.1. The van der Waals surface area contributed by atoms with Gasteiger partial charge < -0.3 is 15.8 Å². The Morgan fingerprint density at radius 3 is 2.86 bits per heavy atom. The maximum Gasteiger partial charge on any atom is 0.167 e. The minimum Gasteiger partial charge on any atom is -0.490 e. The molecule has 3 N–H and O–H groups in total. The molecular weight excluding hydrogens is 289 g/mol. The monoisotopic (exact) mass is 309 g/mol. The molecule has 0 fully saturated rings. The van der Waals surface area contributed by atoms with Gasteiger partial charge in [-0.2, -0.15) is 0 Å². The molecule has 0 radical (unpaired) electrons. The summed E-state index contributed by atoms with van der Waals surface area (Å²) in [5, 5.41) is 6.24. The van der Waals surface area contributed by atoms with Gasteiger partial charge in [0.15, 0.2) is 11.6 Å². The molecule has 0 amide bonds. The number of benzene rings is 1. The highest BCUT2D eigenvalue weighted by molar-refractivity contribution is 7.09. The average molecular weight is 309 g/mol. The molecule has 1 atom stereocenters. The zero-order valence-electron chi connectivity index (χ0n) is 12.2. The minimum atomic E-state index is -0.436. The fourth-order valence-electron chi connectivity index (χ4n) is 1.95. The molecule has 1 aromatic carbocycles. The van der Waals surface area contributed by atoms with Crippen LogP contribution in [-0.2, 0) is 0 Å². The SMILES string of the molecule is CCCOc1cc(NC(CC)c2nccs2)c(N)cc1F. The van der Waals surface area contributed by atoms with Crippen LogP contribution < -0.4 is 15.8 Å². The van der Waals surface area contributed by atoms with E-state index in [1.165, 1.54) is 6.07 Å². The quantitative estimate of drug-likeness (QED) is 0.752. The molecule has 0 aliphatic rings. The highest BCUT2D eigenvalue weighted by Gasteiger charge is 2.15. The number of aromatic nitrogens is 1. The van der Waals surface area contributed by atoms with Gasteiger partial charge in [-0.05, 0) is 12.8 Å². The van der Waals surface area contributed by atoms with Crippen LogP contribution >= 0.6 is 11.3 Å². The number of anilines is 2. The summed E-state index contributed by atoms with van der Waals surface area (Å²) >= 11 is 1.58. The average Bonchev–Trinajstić information content (AvgIpc) is 2.99. The number of nitrogen functional groups attached to an aromatic ring is 1. The molecule has 114 valence electrons. The Hall–Kier alpha value is -1.82. The Bertz CT molecular complexity index is 575. The molecular formula is C15H20FN3OS. The first-order chi connectivity index (χ1) is 10.2. The smallest absolute Gasteiger partial charge is 0.167 e. The Labute approximate surface area is 128 Å². The maximum absolute atomic E-state index is 13.8. The van der Waals surface area contributed by atoms with E-state index < -0.39 is 5.82 Å². The van der Waals surface area contributed by atoms with Crippen molar-refractivity contribution in [3.63, 3.8) is 0 Å². The highest BCUT2D eigenvalue weighted by atomic mass is 32.1. The van der Waals surface area contributed by atoms with Crippen LogP contribution in [0.4, 0.5) is 15.8 Å². The van der Waals surface area contributed by atoms with Gasteiger partial charge in [0.05, 0.1) is 24.0 Å². The summed E-state index contributed by atoms with van der Waals surface area (Å²) in [5.41, 5.74) is 6.94. The number of thiazole rings is 1. The lowest BCUT2D eigenvalue weighted by Gasteiger charge is -2.18. The number of rotatable bonds is 7. The van der Waals surface area contributed by atoms with E-state index in [1.54, 1.807) is 23.6 Å². The van der Waals surface area contributed by atoms with Crippen LogP contribution in [0.25, 0.3) is 0 Å². The standard InChI is InChI=1S/C15H20FN3OS/c1-3-6-20-14-9-13(11(17)8-10(14)16)19-12(4-2)15-18-5-7-21-15/h5,7-9,12,19H,3-4,6,17H2,1-2H3. The molecule has 21 heavy (non-hydrogen) atoms. The second-order valence-corrected chi connectivity index (χ2v) is 5.62. The third-order valence-electron chi connectivity index (χ3n) is 3.05. The molecule has 4 nitrogen and oxygen atoms in total. The molecule has 0 aliphatic heterocycles. The highest BCUT2D eigenvalue weighted by Crippen LogP contribution is 2.32. The van der Waals surface area contributed by atoms with Crippen molar-refractivity contribution in [2.24, 2.45) is 0 Å². The van der Waals surface area contributed by atoms with E-state index in [9.17, 15) is 4.39 Å². The molecule has 2 rings (SSSR count). The number of hydrogen-bond donors (Lipinski definition) is 2. The fourth-order valence-corrected chi connectivity index (χ4v) is 2.72. The lowest BCUT2D eigenvalue weighted by Crippen LogP contribution is -2.11. The van der Waals surface area contributed by atoms with Crippen molar-refractivity contribution in [3.05, 3.63) is 34.5 Å². The van der Waals surface area contributed by atoms with Crippen molar-refractivity contribution in [1.82, 2.24) is 4.98 Å². The Balaban J connectivity index is 2.22. The Kier molecular flexibility index (Phi) is 5.38. The molecule has 0 aliphatic carbocycles. The van der Waals surface area contributed by atoms with E-state index in [2.05, 4.69) is 17.2 Å². The van der Waals surface area contributed by atoms with Crippen LogP contribution in [0.1, 0.15) is 37.7 Å². The van der Waals surface area contributed by atoms with E-state index in [0.29, 0.717) is 18.0 Å². The van der Waals surface area contributed by atoms with Crippen LogP contribution in [0.2, 0.25) is 0 Å². The largest absolute Gasteiger partial charge is 0.490 e. The minimum absolute atomic E-state index is 0.0526. The van der Waals surface area contributed by atoms with Crippen molar-refractivity contribution in [1.29, 1.82) is 0 Å². The topological polar surface area (TPSA) is 60.2 Å². The number of halogens is 1. The van der Waals surface area contributed by atoms with Crippen LogP contribution in [0.3, 0.4) is 0 Å². The van der Waals surface area contributed by atoms with Crippen molar-refractivity contribution in [3.8, 4) is 5.75 Å². The summed E-state index contributed by atoms with van der Waals surface area (Å²) in [6, 6.07) is 2.97. The maximum atomic E-state index is 13.8. The van der Waals surface area contributed by atoms with Gasteiger partial charge in [-0.3, -0.25) is 0 Å². The predicted molar refractivity (Wildman–Crippen MR) is 85.4 cm³/mol. The van der Waals surface area contributed by atoms with Crippen LogP contribution in [0.15, 0.2) is 23.7 Å². The van der Waals surface area contributed by atoms with E-state index in [-0.39, 0.29) is 11.8 Å². The number of nitrogens with two attached hydrogens (primary N) is 1. The second-order valence-electron chi connectivity index (χ2n) is 4.69.